The second-order valence-electron chi connectivity index (χ2n) is 5.60. The zero-order valence-electron chi connectivity index (χ0n) is 11.8. The van der Waals surface area contributed by atoms with Gasteiger partial charge in [0, 0.05) is 5.56 Å². The van der Waals surface area contributed by atoms with Crippen molar-refractivity contribution in [2.75, 3.05) is 0 Å². The lowest BCUT2D eigenvalue weighted by molar-refractivity contribution is 0.147. The quantitative estimate of drug-likeness (QED) is 0.887. The molecule has 1 unspecified atom stereocenters. The van der Waals surface area contributed by atoms with Gasteiger partial charge in [0.25, 0.3) is 0 Å². The van der Waals surface area contributed by atoms with Crippen molar-refractivity contribution in [1.29, 1.82) is 0 Å². The summed E-state index contributed by atoms with van der Waals surface area (Å²) in [5, 5.41) is 10.4. The highest BCUT2D eigenvalue weighted by atomic mass is 16.5. The molecule has 1 aliphatic carbocycles. The second-order valence-corrected chi connectivity index (χ2v) is 5.60. The maximum absolute atomic E-state index is 10.4. The Morgan fingerprint density at radius 1 is 1.15 bits per heavy atom. The van der Waals surface area contributed by atoms with Crippen molar-refractivity contribution in [3.63, 3.8) is 0 Å². The molecule has 2 heteroatoms. The van der Waals surface area contributed by atoms with Gasteiger partial charge in [-0.15, -0.1) is 0 Å². The van der Waals surface area contributed by atoms with E-state index in [-0.39, 0.29) is 6.10 Å². The van der Waals surface area contributed by atoms with E-state index >= 15 is 0 Å². The zero-order valence-corrected chi connectivity index (χ0v) is 11.8. The molecule has 0 aromatic heterocycles. The lowest BCUT2D eigenvalue weighted by Gasteiger charge is -2.16. The molecule has 0 amide bonds. The SMILES string of the molecule is Cc1ccc(OCc2ccccc2)c(C(O)C2CC2)c1. The molecule has 1 N–H and O–H groups in total. The highest BCUT2D eigenvalue weighted by Crippen LogP contribution is 2.43. The summed E-state index contributed by atoms with van der Waals surface area (Å²) in [6.07, 6.45) is 1.85. The number of hydrogen-bond acceptors (Lipinski definition) is 2. The average molecular weight is 268 g/mol. The van der Waals surface area contributed by atoms with Crippen molar-refractivity contribution in [3.8, 4) is 5.75 Å². The molecule has 0 radical (unpaired) electrons. The molecule has 1 atom stereocenters. The van der Waals surface area contributed by atoms with Crippen molar-refractivity contribution >= 4 is 0 Å². The number of aryl methyl sites for hydroxylation is 1. The highest BCUT2D eigenvalue weighted by Gasteiger charge is 2.32. The molecule has 0 bridgehead atoms. The van der Waals surface area contributed by atoms with Crippen LogP contribution >= 0.6 is 0 Å². The van der Waals surface area contributed by atoms with Crippen LogP contribution in [0.1, 0.15) is 35.6 Å². The summed E-state index contributed by atoms with van der Waals surface area (Å²) in [5.74, 6) is 1.22. The van der Waals surface area contributed by atoms with E-state index < -0.39 is 0 Å². The van der Waals surface area contributed by atoms with Crippen LogP contribution in [0.25, 0.3) is 0 Å². The third-order valence-electron chi connectivity index (χ3n) is 3.79. The lowest BCUT2D eigenvalue weighted by Crippen LogP contribution is -2.05. The molecule has 104 valence electrons. The third-order valence-corrected chi connectivity index (χ3v) is 3.79. The van der Waals surface area contributed by atoms with Crippen molar-refractivity contribution < 1.29 is 9.84 Å². The number of aliphatic hydroxyl groups is 1. The lowest BCUT2D eigenvalue weighted by atomic mass is 10.0. The fourth-order valence-electron chi connectivity index (χ4n) is 2.43. The fourth-order valence-corrected chi connectivity index (χ4v) is 2.43. The number of rotatable bonds is 5. The average Bonchev–Trinajstić information content (AvgIpc) is 3.31. The maximum atomic E-state index is 10.4. The normalized spacial score (nSPS) is 15.9. The summed E-state index contributed by atoms with van der Waals surface area (Å²) in [7, 11) is 0. The molecule has 0 spiro atoms. The first-order valence-corrected chi connectivity index (χ1v) is 7.19. The van der Waals surface area contributed by atoms with Gasteiger partial charge in [-0.2, -0.15) is 0 Å². The van der Waals surface area contributed by atoms with E-state index in [1.165, 1.54) is 0 Å². The summed E-state index contributed by atoms with van der Waals surface area (Å²) >= 11 is 0. The Kier molecular flexibility index (Phi) is 3.75. The minimum absolute atomic E-state index is 0.388. The first-order valence-electron chi connectivity index (χ1n) is 7.19. The minimum atomic E-state index is -0.388. The van der Waals surface area contributed by atoms with E-state index in [4.69, 9.17) is 4.74 Å². The Bertz CT molecular complexity index is 573. The van der Waals surface area contributed by atoms with Crippen LogP contribution in [0.3, 0.4) is 0 Å². The van der Waals surface area contributed by atoms with E-state index in [9.17, 15) is 5.11 Å². The summed E-state index contributed by atoms with van der Waals surface area (Å²) < 4.78 is 5.92. The molecule has 20 heavy (non-hydrogen) atoms. The van der Waals surface area contributed by atoms with Crippen molar-refractivity contribution in [1.82, 2.24) is 0 Å². The van der Waals surface area contributed by atoms with Crippen LogP contribution in [0, 0.1) is 12.8 Å². The fraction of sp³-hybridized carbons (Fsp3) is 0.333. The topological polar surface area (TPSA) is 29.5 Å². The predicted octanol–water partition coefficient (Wildman–Crippen LogP) is 4.02. The monoisotopic (exact) mass is 268 g/mol. The molecule has 1 fully saturated rings. The molecular formula is C18H20O2. The summed E-state index contributed by atoms with van der Waals surface area (Å²) in [6.45, 7) is 2.58. The van der Waals surface area contributed by atoms with E-state index in [0.717, 1.165) is 35.3 Å². The van der Waals surface area contributed by atoms with Gasteiger partial charge in [0.15, 0.2) is 0 Å². The van der Waals surface area contributed by atoms with Crippen LogP contribution in [0.2, 0.25) is 0 Å². The van der Waals surface area contributed by atoms with Crippen molar-refractivity contribution in [2.24, 2.45) is 5.92 Å². The maximum Gasteiger partial charge on any atom is 0.125 e. The molecule has 1 saturated carbocycles. The van der Waals surface area contributed by atoms with Crippen LogP contribution in [-0.2, 0) is 6.61 Å². The van der Waals surface area contributed by atoms with Crippen molar-refractivity contribution in [3.05, 3.63) is 65.2 Å². The molecule has 2 nitrogen and oxygen atoms in total. The Labute approximate surface area is 120 Å². The molecule has 2 aromatic carbocycles. The molecule has 3 rings (SSSR count). The third kappa shape index (κ3) is 3.02. The van der Waals surface area contributed by atoms with Gasteiger partial charge in [0.05, 0.1) is 6.10 Å². The summed E-state index contributed by atoms with van der Waals surface area (Å²) in [4.78, 5) is 0. The van der Waals surface area contributed by atoms with Crippen molar-refractivity contribution in [2.45, 2.75) is 32.5 Å². The van der Waals surface area contributed by atoms with E-state index in [0.29, 0.717) is 12.5 Å². The van der Waals surface area contributed by atoms with Crippen LogP contribution < -0.4 is 4.74 Å². The molecule has 0 saturated heterocycles. The van der Waals surface area contributed by atoms with Gasteiger partial charge in [-0.1, -0.05) is 42.0 Å². The van der Waals surface area contributed by atoms with Gasteiger partial charge in [0.2, 0.25) is 0 Å². The van der Waals surface area contributed by atoms with E-state index in [2.05, 4.69) is 0 Å². The molecular weight excluding hydrogens is 248 g/mol. The second kappa shape index (κ2) is 5.68. The number of ether oxygens (including phenoxy) is 1. The van der Waals surface area contributed by atoms with E-state index in [1.807, 2.05) is 55.5 Å². The highest BCUT2D eigenvalue weighted by molar-refractivity contribution is 5.39. The molecule has 1 aliphatic rings. The molecule has 0 heterocycles. The van der Waals surface area contributed by atoms with Gasteiger partial charge in [-0.3, -0.25) is 0 Å². The summed E-state index contributed by atoms with van der Waals surface area (Å²) in [5.41, 5.74) is 3.23. The van der Waals surface area contributed by atoms with Crippen LogP contribution in [0.4, 0.5) is 0 Å². The Hall–Kier alpha value is -1.80. The zero-order chi connectivity index (χ0) is 13.9. The smallest absolute Gasteiger partial charge is 0.125 e. The van der Waals surface area contributed by atoms with Crippen LogP contribution in [0.15, 0.2) is 48.5 Å². The first-order chi connectivity index (χ1) is 9.74. The van der Waals surface area contributed by atoms with Crippen LogP contribution in [-0.4, -0.2) is 5.11 Å². The van der Waals surface area contributed by atoms with Crippen LogP contribution in [0.5, 0.6) is 5.75 Å². The Balaban J connectivity index is 1.78. The van der Waals surface area contributed by atoms with E-state index in [1.54, 1.807) is 0 Å². The first kappa shape index (κ1) is 13.2. The predicted molar refractivity (Wildman–Crippen MR) is 79.6 cm³/mol. The van der Waals surface area contributed by atoms with Gasteiger partial charge in [0.1, 0.15) is 12.4 Å². The van der Waals surface area contributed by atoms with Gasteiger partial charge in [-0.05, 0) is 43.4 Å². The minimum Gasteiger partial charge on any atom is -0.489 e. The van der Waals surface area contributed by atoms with Gasteiger partial charge >= 0.3 is 0 Å². The largest absolute Gasteiger partial charge is 0.489 e. The van der Waals surface area contributed by atoms with Gasteiger partial charge < -0.3 is 9.84 Å². The Morgan fingerprint density at radius 2 is 1.90 bits per heavy atom. The number of aliphatic hydroxyl groups excluding tert-OH is 1. The number of benzene rings is 2. The number of hydrogen-bond donors (Lipinski definition) is 1. The standard InChI is InChI=1S/C18H20O2/c1-13-7-10-17(16(11-13)18(19)15-8-9-15)20-12-14-5-3-2-4-6-14/h2-7,10-11,15,18-19H,8-9,12H2,1H3. The summed E-state index contributed by atoms with van der Waals surface area (Å²) in [6, 6.07) is 16.2. The molecule has 0 aliphatic heterocycles. The Morgan fingerprint density at radius 3 is 2.60 bits per heavy atom. The van der Waals surface area contributed by atoms with Gasteiger partial charge in [-0.25, -0.2) is 0 Å². The molecule has 2 aromatic rings.